The molecule has 1 aromatic carbocycles. The number of aryl methyl sites for hydroxylation is 2. The number of ether oxygens (including phenoxy) is 1. The number of likely N-dealkylation sites (tertiary alicyclic amines) is 1. The Morgan fingerprint density at radius 1 is 1.06 bits per heavy atom. The molecule has 1 aliphatic heterocycles. The second-order valence-corrected chi connectivity index (χ2v) is 10.2. The summed E-state index contributed by atoms with van der Waals surface area (Å²) in [5.41, 5.74) is 6.59. The van der Waals surface area contributed by atoms with Crippen molar-refractivity contribution in [3.8, 4) is 0 Å². The fraction of sp³-hybridized carbons (Fsp3) is 0.533. The quantitative estimate of drug-likeness (QED) is 0.363. The van der Waals surface area contributed by atoms with Crippen LogP contribution in [0.2, 0.25) is 0 Å². The van der Waals surface area contributed by atoms with Gasteiger partial charge in [-0.25, -0.2) is 0 Å². The van der Waals surface area contributed by atoms with E-state index in [1.165, 1.54) is 40.9 Å². The molecule has 1 fully saturated rings. The lowest BCUT2D eigenvalue weighted by atomic mass is 9.84. The lowest BCUT2D eigenvalue weighted by Gasteiger charge is -2.41. The van der Waals surface area contributed by atoms with E-state index in [0.29, 0.717) is 12.0 Å². The predicted octanol–water partition coefficient (Wildman–Crippen LogP) is 4.89. The largest absolute Gasteiger partial charge is 0.383 e. The normalized spacial score (nSPS) is 16.0. The van der Waals surface area contributed by atoms with E-state index in [1.54, 1.807) is 7.11 Å². The standard InChI is InChI=1S/C30H43N5O/c1-5-35-25(3)29(24(2)32-35)23-33-16-13-28(14-17-33)30(20-26-10-7-6-8-11-26)34(18-19-36-4)22-27-12-9-15-31-21-27/h6-12,15,21,28,30H,5,13-14,16-20,22-23H2,1-4H3/t30-/m0/s1. The summed E-state index contributed by atoms with van der Waals surface area (Å²) in [6.07, 6.45) is 7.36. The Hall–Kier alpha value is -2.54. The summed E-state index contributed by atoms with van der Waals surface area (Å²) in [4.78, 5) is 9.65. The summed E-state index contributed by atoms with van der Waals surface area (Å²) >= 11 is 0. The maximum atomic E-state index is 5.54. The molecule has 3 heterocycles. The minimum absolute atomic E-state index is 0.469. The zero-order valence-electron chi connectivity index (χ0n) is 22.6. The van der Waals surface area contributed by atoms with Gasteiger partial charge in [0.05, 0.1) is 12.3 Å². The summed E-state index contributed by atoms with van der Waals surface area (Å²) in [5, 5.41) is 4.74. The highest BCUT2D eigenvalue weighted by molar-refractivity contribution is 5.24. The first-order chi connectivity index (χ1) is 17.6. The van der Waals surface area contributed by atoms with Crippen molar-refractivity contribution >= 4 is 0 Å². The molecular formula is C30H43N5O. The number of benzene rings is 1. The van der Waals surface area contributed by atoms with Crippen molar-refractivity contribution < 1.29 is 4.74 Å². The summed E-state index contributed by atoms with van der Waals surface area (Å²) in [6, 6.07) is 15.7. The first-order valence-electron chi connectivity index (χ1n) is 13.5. The molecule has 4 rings (SSSR count). The van der Waals surface area contributed by atoms with E-state index >= 15 is 0 Å². The van der Waals surface area contributed by atoms with Crippen LogP contribution in [0.5, 0.6) is 0 Å². The maximum absolute atomic E-state index is 5.54. The topological polar surface area (TPSA) is 46.4 Å². The molecule has 0 aliphatic carbocycles. The van der Waals surface area contributed by atoms with E-state index in [4.69, 9.17) is 9.84 Å². The highest BCUT2D eigenvalue weighted by Crippen LogP contribution is 2.29. The van der Waals surface area contributed by atoms with Crippen molar-refractivity contribution in [2.24, 2.45) is 5.92 Å². The average Bonchev–Trinajstić information content (AvgIpc) is 3.19. The lowest BCUT2D eigenvalue weighted by molar-refractivity contribution is 0.0570. The molecule has 0 radical (unpaired) electrons. The lowest BCUT2D eigenvalue weighted by Crippen LogP contribution is -2.47. The second kappa shape index (κ2) is 13.1. The summed E-state index contributed by atoms with van der Waals surface area (Å²) < 4.78 is 7.68. The molecule has 1 aliphatic rings. The zero-order valence-corrected chi connectivity index (χ0v) is 22.6. The van der Waals surface area contributed by atoms with Crippen LogP contribution in [0.3, 0.4) is 0 Å². The van der Waals surface area contributed by atoms with Gasteiger partial charge in [-0.3, -0.25) is 19.5 Å². The van der Waals surface area contributed by atoms with Crippen molar-refractivity contribution in [2.75, 3.05) is 33.4 Å². The van der Waals surface area contributed by atoms with E-state index in [-0.39, 0.29) is 0 Å². The highest BCUT2D eigenvalue weighted by Gasteiger charge is 2.31. The second-order valence-electron chi connectivity index (χ2n) is 10.2. The molecule has 1 saturated heterocycles. The third-order valence-electron chi connectivity index (χ3n) is 7.84. The Morgan fingerprint density at radius 3 is 2.44 bits per heavy atom. The van der Waals surface area contributed by atoms with E-state index in [2.05, 4.69) is 76.6 Å². The van der Waals surface area contributed by atoms with E-state index in [9.17, 15) is 0 Å². The number of methoxy groups -OCH3 is 1. The molecule has 194 valence electrons. The van der Waals surface area contributed by atoms with Gasteiger partial charge in [-0.15, -0.1) is 0 Å². The number of hydrogen-bond donors (Lipinski definition) is 0. The number of piperidine rings is 1. The molecule has 2 aromatic heterocycles. The van der Waals surface area contributed by atoms with Crippen LogP contribution in [0.15, 0.2) is 54.9 Å². The van der Waals surface area contributed by atoms with E-state index in [0.717, 1.165) is 52.3 Å². The van der Waals surface area contributed by atoms with Gasteiger partial charge in [-0.2, -0.15) is 5.10 Å². The SMILES string of the molecule is CCn1nc(C)c(CN2CCC([C@H](Cc3ccccc3)N(CCOC)Cc3cccnc3)CC2)c1C. The van der Waals surface area contributed by atoms with Crippen LogP contribution in [0.1, 0.15) is 47.8 Å². The number of nitrogens with zero attached hydrogens (tertiary/aromatic N) is 5. The number of aromatic nitrogens is 3. The van der Waals surface area contributed by atoms with Gasteiger partial charge in [0.1, 0.15) is 0 Å². The molecule has 6 nitrogen and oxygen atoms in total. The average molecular weight is 490 g/mol. The molecule has 0 unspecified atom stereocenters. The van der Waals surface area contributed by atoms with Gasteiger partial charge in [0, 0.05) is 63.0 Å². The predicted molar refractivity (Wildman–Crippen MR) is 146 cm³/mol. The first-order valence-corrected chi connectivity index (χ1v) is 13.5. The van der Waals surface area contributed by atoms with Crippen LogP contribution in [0.25, 0.3) is 0 Å². The van der Waals surface area contributed by atoms with Crippen LogP contribution in [-0.2, 0) is 30.8 Å². The van der Waals surface area contributed by atoms with Gasteiger partial charge in [0.2, 0.25) is 0 Å². The number of rotatable bonds is 12. The number of pyridine rings is 1. The Bertz CT molecular complexity index is 1040. The smallest absolute Gasteiger partial charge is 0.0641 e. The Morgan fingerprint density at radius 2 is 1.81 bits per heavy atom. The minimum Gasteiger partial charge on any atom is -0.383 e. The Kier molecular flexibility index (Phi) is 9.67. The zero-order chi connectivity index (χ0) is 25.3. The molecule has 1 atom stereocenters. The van der Waals surface area contributed by atoms with Crippen LogP contribution in [0.4, 0.5) is 0 Å². The van der Waals surface area contributed by atoms with Crippen LogP contribution in [0, 0.1) is 19.8 Å². The highest BCUT2D eigenvalue weighted by atomic mass is 16.5. The van der Waals surface area contributed by atoms with Crippen LogP contribution in [-0.4, -0.2) is 64.0 Å². The van der Waals surface area contributed by atoms with Gasteiger partial charge >= 0.3 is 0 Å². The van der Waals surface area contributed by atoms with Gasteiger partial charge in [-0.1, -0.05) is 36.4 Å². The van der Waals surface area contributed by atoms with Gasteiger partial charge in [0.25, 0.3) is 0 Å². The fourth-order valence-electron chi connectivity index (χ4n) is 5.74. The molecule has 0 spiro atoms. The molecule has 36 heavy (non-hydrogen) atoms. The van der Waals surface area contributed by atoms with Gasteiger partial charge in [0.15, 0.2) is 0 Å². The molecule has 3 aromatic rings. The summed E-state index contributed by atoms with van der Waals surface area (Å²) in [5.74, 6) is 0.649. The van der Waals surface area contributed by atoms with Crippen molar-refractivity contribution in [3.05, 3.63) is 82.9 Å². The Balaban J connectivity index is 1.49. The first kappa shape index (κ1) is 26.5. The molecular weight excluding hydrogens is 446 g/mol. The van der Waals surface area contributed by atoms with Gasteiger partial charge in [-0.05, 0) is 76.2 Å². The van der Waals surface area contributed by atoms with Crippen LogP contribution >= 0.6 is 0 Å². The van der Waals surface area contributed by atoms with Crippen molar-refractivity contribution in [1.82, 2.24) is 24.6 Å². The number of hydrogen-bond acceptors (Lipinski definition) is 5. The van der Waals surface area contributed by atoms with Crippen LogP contribution < -0.4 is 0 Å². The fourth-order valence-corrected chi connectivity index (χ4v) is 5.74. The van der Waals surface area contributed by atoms with E-state index < -0.39 is 0 Å². The third kappa shape index (κ3) is 6.81. The monoisotopic (exact) mass is 489 g/mol. The van der Waals surface area contributed by atoms with Gasteiger partial charge < -0.3 is 4.74 Å². The van der Waals surface area contributed by atoms with Crippen molar-refractivity contribution in [3.63, 3.8) is 0 Å². The van der Waals surface area contributed by atoms with Crippen molar-refractivity contribution in [1.29, 1.82) is 0 Å². The molecule has 0 N–H and O–H groups in total. The molecule has 0 saturated carbocycles. The summed E-state index contributed by atoms with van der Waals surface area (Å²) in [6.45, 7) is 13.3. The maximum Gasteiger partial charge on any atom is 0.0641 e. The minimum atomic E-state index is 0.469. The third-order valence-corrected chi connectivity index (χ3v) is 7.84. The van der Waals surface area contributed by atoms with Crippen molar-refractivity contribution in [2.45, 2.75) is 65.7 Å². The molecule has 6 heteroatoms. The summed E-state index contributed by atoms with van der Waals surface area (Å²) in [7, 11) is 1.80. The molecule has 0 bridgehead atoms. The van der Waals surface area contributed by atoms with E-state index in [1.807, 2.05) is 18.5 Å². The Labute approximate surface area is 217 Å². The molecule has 0 amide bonds.